The molecule has 1 amide bonds. The molecular weight excluding hydrogens is 348 g/mol. The smallest absolute Gasteiger partial charge is 0.245 e. The van der Waals surface area contributed by atoms with E-state index in [2.05, 4.69) is 4.72 Å². The molecule has 0 saturated heterocycles. The Bertz CT molecular complexity index is 814. The van der Waals surface area contributed by atoms with E-state index in [4.69, 9.17) is 0 Å². The molecule has 0 bridgehead atoms. The molecule has 0 aliphatic carbocycles. The third-order valence-corrected chi connectivity index (χ3v) is 5.81. The van der Waals surface area contributed by atoms with Crippen LogP contribution in [0.4, 0.5) is 0 Å². The number of carbonyl (C=O) groups is 1. The Kier molecular flexibility index (Phi) is 6.94. The van der Waals surface area contributed by atoms with Gasteiger partial charge in [-0.25, -0.2) is 8.42 Å². The van der Waals surface area contributed by atoms with Gasteiger partial charge in [-0.15, -0.1) is 0 Å². The topological polar surface area (TPSA) is 66.5 Å². The lowest BCUT2D eigenvalue weighted by molar-refractivity contribution is -0.132. The summed E-state index contributed by atoms with van der Waals surface area (Å²) >= 11 is 0. The van der Waals surface area contributed by atoms with Crippen LogP contribution < -0.4 is 4.72 Å². The van der Waals surface area contributed by atoms with Crippen molar-refractivity contribution in [2.75, 3.05) is 13.1 Å². The molecule has 6 heteroatoms. The van der Waals surface area contributed by atoms with E-state index in [0.29, 0.717) is 18.7 Å². The zero-order chi connectivity index (χ0) is 19.2. The van der Waals surface area contributed by atoms with Crippen molar-refractivity contribution in [3.05, 3.63) is 65.7 Å². The SMILES string of the molecule is CCc1ccc(S(=O)(=O)N[C@H](C(=O)N(CC)CC)c2ccccc2)cc1. The molecule has 2 aromatic rings. The first kappa shape index (κ1) is 20.1. The van der Waals surface area contributed by atoms with E-state index < -0.39 is 16.1 Å². The van der Waals surface area contributed by atoms with Gasteiger partial charge >= 0.3 is 0 Å². The first-order valence-electron chi connectivity index (χ1n) is 8.87. The van der Waals surface area contributed by atoms with Crippen molar-refractivity contribution in [2.24, 2.45) is 0 Å². The molecule has 0 aliphatic heterocycles. The molecule has 0 unspecified atom stereocenters. The molecule has 0 fully saturated rings. The first-order chi connectivity index (χ1) is 12.4. The third kappa shape index (κ3) is 4.71. The van der Waals surface area contributed by atoms with E-state index in [1.165, 1.54) is 0 Å². The largest absolute Gasteiger partial charge is 0.342 e. The molecular formula is C20H26N2O3S. The third-order valence-electron chi connectivity index (χ3n) is 4.37. The van der Waals surface area contributed by atoms with Gasteiger partial charge in [0.2, 0.25) is 15.9 Å². The number of sulfonamides is 1. The quantitative estimate of drug-likeness (QED) is 0.772. The zero-order valence-electron chi connectivity index (χ0n) is 15.5. The number of amides is 1. The number of nitrogens with one attached hydrogen (secondary N) is 1. The molecule has 1 N–H and O–H groups in total. The van der Waals surface area contributed by atoms with Gasteiger partial charge in [0.15, 0.2) is 0 Å². The second-order valence-electron chi connectivity index (χ2n) is 5.97. The normalized spacial score (nSPS) is 12.6. The lowest BCUT2D eigenvalue weighted by atomic mass is 10.1. The van der Waals surface area contributed by atoms with Gasteiger partial charge in [0, 0.05) is 13.1 Å². The molecule has 2 aromatic carbocycles. The fourth-order valence-electron chi connectivity index (χ4n) is 2.75. The van der Waals surface area contributed by atoms with E-state index in [9.17, 15) is 13.2 Å². The maximum atomic E-state index is 12.9. The van der Waals surface area contributed by atoms with Crippen LogP contribution in [0.1, 0.15) is 37.9 Å². The molecule has 5 nitrogen and oxygen atoms in total. The van der Waals surface area contributed by atoms with Gasteiger partial charge in [-0.05, 0) is 43.5 Å². The van der Waals surface area contributed by atoms with E-state index in [0.717, 1.165) is 12.0 Å². The molecule has 0 radical (unpaired) electrons. The minimum Gasteiger partial charge on any atom is -0.342 e. The fourth-order valence-corrected chi connectivity index (χ4v) is 3.93. The summed E-state index contributed by atoms with van der Waals surface area (Å²) < 4.78 is 28.3. The van der Waals surface area contributed by atoms with Crippen LogP contribution in [0.25, 0.3) is 0 Å². The Hall–Kier alpha value is -2.18. The van der Waals surface area contributed by atoms with Crippen LogP contribution in [-0.2, 0) is 21.2 Å². The summed E-state index contributed by atoms with van der Waals surface area (Å²) in [6.45, 7) is 6.80. The molecule has 0 aromatic heterocycles. The van der Waals surface area contributed by atoms with E-state index >= 15 is 0 Å². The number of hydrogen-bond acceptors (Lipinski definition) is 3. The molecule has 0 heterocycles. The lowest BCUT2D eigenvalue weighted by Gasteiger charge is -2.26. The Morgan fingerprint density at radius 1 is 0.962 bits per heavy atom. The Morgan fingerprint density at radius 3 is 2.04 bits per heavy atom. The minimum atomic E-state index is -3.83. The molecule has 0 aliphatic rings. The molecule has 0 saturated carbocycles. The second-order valence-corrected chi connectivity index (χ2v) is 7.69. The van der Waals surface area contributed by atoms with Crippen LogP contribution >= 0.6 is 0 Å². The highest BCUT2D eigenvalue weighted by molar-refractivity contribution is 7.89. The van der Waals surface area contributed by atoms with Crippen LogP contribution in [0.15, 0.2) is 59.5 Å². The Morgan fingerprint density at radius 2 is 1.54 bits per heavy atom. The van der Waals surface area contributed by atoms with Crippen molar-refractivity contribution in [3.63, 3.8) is 0 Å². The highest BCUT2D eigenvalue weighted by Gasteiger charge is 2.29. The van der Waals surface area contributed by atoms with Crippen LogP contribution in [0, 0.1) is 0 Å². The second kappa shape index (κ2) is 8.96. The van der Waals surface area contributed by atoms with Crippen molar-refractivity contribution in [3.8, 4) is 0 Å². The molecule has 26 heavy (non-hydrogen) atoms. The van der Waals surface area contributed by atoms with Crippen LogP contribution in [0.5, 0.6) is 0 Å². The molecule has 0 spiro atoms. The monoisotopic (exact) mass is 374 g/mol. The standard InChI is InChI=1S/C20H26N2O3S/c1-4-16-12-14-18(15-13-16)26(24,25)21-19(17-10-8-7-9-11-17)20(23)22(5-2)6-3/h7-15,19,21H,4-6H2,1-3H3/t19-/m0/s1. The van der Waals surface area contributed by atoms with Gasteiger partial charge in [0.25, 0.3) is 0 Å². The Balaban J connectivity index is 2.37. The van der Waals surface area contributed by atoms with E-state index in [1.807, 2.05) is 26.8 Å². The maximum absolute atomic E-state index is 12.9. The van der Waals surface area contributed by atoms with Gasteiger partial charge in [0.05, 0.1) is 4.90 Å². The minimum absolute atomic E-state index is 0.156. The number of likely N-dealkylation sites (N-methyl/N-ethyl adjacent to an activating group) is 1. The van der Waals surface area contributed by atoms with Crippen molar-refractivity contribution >= 4 is 15.9 Å². The van der Waals surface area contributed by atoms with E-state index in [-0.39, 0.29) is 10.8 Å². The van der Waals surface area contributed by atoms with Crippen molar-refractivity contribution in [2.45, 2.75) is 38.1 Å². The predicted octanol–water partition coefficient (Wildman–Crippen LogP) is 3.14. The summed E-state index contributed by atoms with van der Waals surface area (Å²) in [5.74, 6) is -0.255. The summed E-state index contributed by atoms with van der Waals surface area (Å²) in [5.41, 5.74) is 1.68. The lowest BCUT2D eigenvalue weighted by Crippen LogP contribution is -2.42. The van der Waals surface area contributed by atoms with Gasteiger partial charge in [0.1, 0.15) is 6.04 Å². The summed E-state index contributed by atoms with van der Waals surface area (Å²) in [6, 6.07) is 14.7. The average Bonchev–Trinajstić information content (AvgIpc) is 2.67. The Labute approximate surface area is 156 Å². The predicted molar refractivity (Wildman–Crippen MR) is 103 cm³/mol. The average molecular weight is 375 g/mol. The highest BCUT2D eigenvalue weighted by Crippen LogP contribution is 2.20. The summed E-state index contributed by atoms with van der Waals surface area (Å²) in [7, 11) is -3.83. The summed E-state index contributed by atoms with van der Waals surface area (Å²) in [6.07, 6.45) is 0.834. The van der Waals surface area contributed by atoms with Gasteiger partial charge in [-0.1, -0.05) is 49.4 Å². The molecule has 1 atom stereocenters. The fraction of sp³-hybridized carbons (Fsp3) is 0.350. The number of hydrogen-bond donors (Lipinski definition) is 1. The van der Waals surface area contributed by atoms with Crippen molar-refractivity contribution in [1.82, 2.24) is 9.62 Å². The van der Waals surface area contributed by atoms with Crippen molar-refractivity contribution < 1.29 is 13.2 Å². The zero-order valence-corrected chi connectivity index (χ0v) is 16.3. The first-order valence-corrected chi connectivity index (χ1v) is 10.4. The maximum Gasteiger partial charge on any atom is 0.245 e. The van der Waals surface area contributed by atoms with E-state index in [1.54, 1.807) is 53.4 Å². The van der Waals surface area contributed by atoms with Crippen LogP contribution in [0.3, 0.4) is 0 Å². The summed E-state index contributed by atoms with van der Waals surface area (Å²) in [5, 5.41) is 0. The van der Waals surface area contributed by atoms with Gasteiger partial charge < -0.3 is 4.90 Å². The number of aryl methyl sites for hydroxylation is 1. The van der Waals surface area contributed by atoms with Gasteiger partial charge in [-0.3, -0.25) is 4.79 Å². The number of carbonyl (C=O) groups excluding carboxylic acids is 1. The van der Waals surface area contributed by atoms with Gasteiger partial charge in [-0.2, -0.15) is 4.72 Å². The number of rotatable bonds is 8. The van der Waals surface area contributed by atoms with Crippen molar-refractivity contribution in [1.29, 1.82) is 0 Å². The highest BCUT2D eigenvalue weighted by atomic mass is 32.2. The summed E-state index contributed by atoms with van der Waals surface area (Å²) in [4.78, 5) is 14.7. The van der Waals surface area contributed by atoms with Crippen LogP contribution in [-0.4, -0.2) is 32.3 Å². The number of benzene rings is 2. The number of nitrogens with zero attached hydrogens (tertiary/aromatic N) is 1. The molecule has 2 rings (SSSR count). The van der Waals surface area contributed by atoms with Crippen LogP contribution in [0.2, 0.25) is 0 Å². The molecule has 140 valence electrons.